The Morgan fingerprint density at radius 1 is 0.929 bits per heavy atom. The molecule has 3 heterocycles. The third kappa shape index (κ3) is 2.51. The SMILES string of the molecule is COc1ccc2c(c1OC)CN(Cc1ccccc1)c1c-2nc2ccccn12. The molecule has 0 saturated carbocycles. The predicted octanol–water partition coefficient (Wildman–Crippen LogP) is 4.54. The van der Waals surface area contributed by atoms with Crippen molar-refractivity contribution in [2.24, 2.45) is 0 Å². The molecular weight excluding hydrogens is 350 g/mol. The van der Waals surface area contributed by atoms with Gasteiger partial charge in [-0.25, -0.2) is 4.98 Å². The molecule has 5 nitrogen and oxygen atoms in total. The summed E-state index contributed by atoms with van der Waals surface area (Å²) >= 11 is 0. The number of anilines is 1. The lowest BCUT2D eigenvalue weighted by Gasteiger charge is -2.31. The summed E-state index contributed by atoms with van der Waals surface area (Å²) in [5.74, 6) is 2.63. The van der Waals surface area contributed by atoms with Crippen molar-refractivity contribution in [1.82, 2.24) is 9.38 Å². The largest absolute Gasteiger partial charge is 0.493 e. The number of ether oxygens (including phenoxy) is 2. The summed E-state index contributed by atoms with van der Waals surface area (Å²) < 4.78 is 13.4. The van der Waals surface area contributed by atoms with E-state index in [4.69, 9.17) is 14.5 Å². The maximum absolute atomic E-state index is 5.74. The van der Waals surface area contributed by atoms with Crippen molar-refractivity contribution in [3.63, 3.8) is 0 Å². The number of nitrogens with zero attached hydrogens (tertiary/aromatic N) is 3. The van der Waals surface area contributed by atoms with Gasteiger partial charge in [0.15, 0.2) is 11.5 Å². The highest BCUT2D eigenvalue weighted by molar-refractivity contribution is 5.84. The van der Waals surface area contributed by atoms with Crippen LogP contribution in [0.15, 0.2) is 66.9 Å². The maximum Gasteiger partial charge on any atom is 0.166 e. The second-order valence-electron chi connectivity index (χ2n) is 6.88. The molecule has 5 rings (SSSR count). The molecule has 5 heteroatoms. The number of pyridine rings is 1. The van der Waals surface area contributed by atoms with E-state index in [9.17, 15) is 0 Å². The molecule has 0 saturated heterocycles. The van der Waals surface area contributed by atoms with Gasteiger partial charge in [0.1, 0.15) is 17.2 Å². The standard InChI is InChI=1S/C23H21N3O2/c1-27-19-12-11-17-18(22(19)28-2)15-25(14-16-8-4-3-5-9-16)23-21(17)24-20-10-6-7-13-26(20)23/h3-13H,14-15H2,1-2H3. The monoisotopic (exact) mass is 371 g/mol. The van der Waals surface area contributed by atoms with E-state index in [1.165, 1.54) is 5.56 Å². The summed E-state index contributed by atoms with van der Waals surface area (Å²) in [6, 6.07) is 20.6. The van der Waals surface area contributed by atoms with Gasteiger partial charge in [0.05, 0.1) is 14.2 Å². The summed E-state index contributed by atoms with van der Waals surface area (Å²) in [7, 11) is 3.37. The Balaban J connectivity index is 1.74. The number of hydrogen-bond acceptors (Lipinski definition) is 4. The molecule has 0 N–H and O–H groups in total. The number of methoxy groups -OCH3 is 2. The average Bonchev–Trinajstić information content (AvgIpc) is 3.14. The molecule has 0 radical (unpaired) electrons. The minimum absolute atomic E-state index is 0.723. The summed E-state index contributed by atoms with van der Waals surface area (Å²) in [6.45, 7) is 1.51. The molecule has 140 valence electrons. The Morgan fingerprint density at radius 3 is 2.54 bits per heavy atom. The Labute approximate surface area is 163 Å². The molecular formula is C23H21N3O2. The van der Waals surface area contributed by atoms with E-state index in [0.29, 0.717) is 0 Å². The van der Waals surface area contributed by atoms with E-state index < -0.39 is 0 Å². The topological polar surface area (TPSA) is 39.0 Å². The van der Waals surface area contributed by atoms with E-state index >= 15 is 0 Å². The second kappa shape index (κ2) is 6.60. The molecule has 0 aliphatic carbocycles. The maximum atomic E-state index is 5.74. The average molecular weight is 371 g/mol. The third-order valence-electron chi connectivity index (χ3n) is 5.27. The number of aromatic nitrogens is 2. The molecule has 0 spiro atoms. The lowest BCUT2D eigenvalue weighted by molar-refractivity contribution is 0.351. The van der Waals surface area contributed by atoms with Crippen LogP contribution in [0.1, 0.15) is 11.1 Å². The van der Waals surface area contributed by atoms with Gasteiger partial charge < -0.3 is 14.4 Å². The van der Waals surface area contributed by atoms with Crippen molar-refractivity contribution in [3.05, 3.63) is 78.0 Å². The van der Waals surface area contributed by atoms with E-state index in [1.54, 1.807) is 14.2 Å². The van der Waals surface area contributed by atoms with Crippen molar-refractivity contribution < 1.29 is 9.47 Å². The van der Waals surface area contributed by atoms with Crippen molar-refractivity contribution in [1.29, 1.82) is 0 Å². The lowest BCUT2D eigenvalue weighted by Crippen LogP contribution is -2.27. The second-order valence-corrected chi connectivity index (χ2v) is 6.88. The Kier molecular flexibility index (Phi) is 3.93. The van der Waals surface area contributed by atoms with Crippen LogP contribution in [0.25, 0.3) is 16.9 Å². The molecule has 0 atom stereocenters. The van der Waals surface area contributed by atoms with Gasteiger partial charge in [-0.15, -0.1) is 0 Å². The lowest BCUT2D eigenvalue weighted by atomic mass is 9.98. The van der Waals surface area contributed by atoms with Crippen molar-refractivity contribution in [3.8, 4) is 22.8 Å². The first-order chi connectivity index (χ1) is 13.8. The number of hydrogen-bond donors (Lipinski definition) is 0. The fraction of sp³-hybridized carbons (Fsp3) is 0.174. The van der Waals surface area contributed by atoms with Crippen molar-refractivity contribution in [2.75, 3.05) is 19.1 Å². The summed E-state index contributed by atoms with van der Waals surface area (Å²) in [4.78, 5) is 7.30. The third-order valence-corrected chi connectivity index (χ3v) is 5.27. The van der Waals surface area contributed by atoms with E-state index in [0.717, 1.165) is 52.9 Å². The van der Waals surface area contributed by atoms with Gasteiger partial charge in [0, 0.05) is 30.4 Å². The van der Waals surface area contributed by atoms with Crippen LogP contribution in [0, 0.1) is 0 Å². The Morgan fingerprint density at radius 2 is 1.75 bits per heavy atom. The number of imidazole rings is 1. The van der Waals surface area contributed by atoms with Gasteiger partial charge in [-0.1, -0.05) is 36.4 Å². The Hall–Kier alpha value is -3.47. The highest BCUT2D eigenvalue weighted by atomic mass is 16.5. The first-order valence-electron chi connectivity index (χ1n) is 9.30. The number of benzene rings is 2. The Bertz CT molecular complexity index is 1150. The quantitative estimate of drug-likeness (QED) is 0.528. The van der Waals surface area contributed by atoms with Crippen LogP contribution in [0.5, 0.6) is 11.5 Å². The van der Waals surface area contributed by atoms with Crippen LogP contribution < -0.4 is 14.4 Å². The smallest absolute Gasteiger partial charge is 0.166 e. The number of fused-ring (bicyclic) bond motifs is 5. The minimum atomic E-state index is 0.723. The van der Waals surface area contributed by atoms with Gasteiger partial charge in [-0.3, -0.25) is 4.40 Å². The minimum Gasteiger partial charge on any atom is -0.493 e. The van der Waals surface area contributed by atoms with Crippen LogP contribution in [-0.4, -0.2) is 23.6 Å². The van der Waals surface area contributed by atoms with E-state index in [-0.39, 0.29) is 0 Å². The molecule has 2 aromatic carbocycles. The van der Waals surface area contributed by atoms with Gasteiger partial charge in [-0.2, -0.15) is 0 Å². The number of rotatable bonds is 4. The molecule has 1 aliphatic heterocycles. The van der Waals surface area contributed by atoms with Crippen LogP contribution in [0.3, 0.4) is 0 Å². The van der Waals surface area contributed by atoms with Gasteiger partial charge in [0.25, 0.3) is 0 Å². The van der Waals surface area contributed by atoms with Crippen molar-refractivity contribution in [2.45, 2.75) is 13.1 Å². The van der Waals surface area contributed by atoms with Crippen LogP contribution in [-0.2, 0) is 13.1 Å². The molecule has 0 bridgehead atoms. The first-order valence-corrected chi connectivity index (χ1v) is 9.30. The van der Waals surface area contributed by atoms with Gasteiger partial charge in [0.2, 0.25) is 0 Å². The zero-order chi connectivity index (χ0) is 19.1. The highest BCUT2D eigenvalue weighted by Crippen LogP contribution is 2.46. The zero-order valence-corrected chi connectivity index (χ0v) is 15.9. The fourth-order valence-corrected chi connectivity index (χ4v) is 4.04. The normalized spacial score (nSPS) is 12.6. The van der Waals surface area contributed by atoms with Crippen LogP contribution in [0.2, 0.25) is 0 Å². The molecule has 1 aliphatic rings. The molecule has 4 aromatic rings. The first kappa shape index (κ1) is 16.7. The fourth-order valence-electron chi connectivity index (χ4n) is 4.04. The summed E-state index contributed by atoms with van der Waals surface area (Å²) in [5.41, 5.74) is 5.37. The van der Waals surface area contributed by atoms with Gasteiger partial charge >= 0.3 is 0 Å². The molecule has 0 amide bonds. The van der Waals surface area contributed by atoms with Gasteiger partial charge in [-0.05, 0) is 29.8 Å². The van der Waals surface area contributed by atoms with Crippen LogP contribution in [0.4, 0.5) is 5.82 Å². The molecule has 0 unspecified atom stereocenters. The van der Waals surface area contributed by atoms with Crippen LogP contribution >= 0.6 is 0 Å². The summed E-state index contributed by atoms with van der Waals surface area (Å²) in [5, 5.41) is 0. The predicted molar refractivity (Wildman–Crippen MR) is 110 cm³/mol. The highest BCUT2D eigenvalue weighted by Gasteiger charge is 2.30. The molecule has 0 fully saturated rings. The molecule has 2 aromatic heterocycles. The zero-order valence-electron chi connectivity index (χ0n) is 15.9. The van der Waals surface area contributed by atoms with Crippen molar-refractivity contribution >= 4 is 11.5 Å². The van der Waals surface area contributed by atoms with E-state index in [1.807, 2.05) is 30.3 Å². The summed E-state index contributed by atoms with van der Waals surface area (Å²) in [6.07, 6.45) is 2.07. The molecule has 28 heavy (non-hydrogen) atoms. The van der Waals surface area contributed by atoms with E-state index in [2.05, 4.69) is 45.8 Å².